The van der Waals surface area contributed by atoms with E-state index in [-0.39, 0.29) is 38.0 Å². The number of cyclic esters (lactones) is 1. The van der Waals surface area contributed by atoms with Gasteiger partial charge in [-0.1, -0.05) is 68.5 Å². The average molecular weight is 702 g/mol. The van der Waals surface area contributed by atoms with Crippen molar-refractivity contribution in [2.45, 2.75) is 69.0 Å². The highest BCUT2D eigenvalue weighted by Gasteiger charge is 2.74. The minimum absolute atomic E-state index is 0.0553. The number of hydrogen-bond acceptors (Lipinski definition) is 9. The fraction of sp³-hybridized carbons (Fsp3) is 0.487. The van der Waals surface area contributed by atoms with Gasteiger partial charge < -0.3 is 39.2 Å². The maximum absolute atomic E-state index is 15.1. The summed E-state index contributed by atoms with van der Waals surface area (Å²) in [6.45, 7) is 3.77. The molecule has 0 radical (unpaired) electrons. The second kappa shape index (κ2) is 15.4. The number of esters is 1. The monoisotopic (exact) mass is 701 g/mol. The number of carbonyl (C=O) groups excluding carboxylic acids is 4. The number of likely N-dealkylation sites (tertiary alicyclic amines) is 1. The lowest BCUT2D eigenvalue weighted by Gasteiger charge is -2.39. The lowest BCUT2D eigenvalue weighted by molar-refractivity contribution is -0.162. The molecular weight excluding hydrogens is 654 g/mol. The molecule has 12 heteroatoms. The number of nitrogens with zero attached hydrogens (tertiary/aromatic N) is 2. The Kier molecular flexibility index (Phi) is 10.9. The Hall–Kier alpha value is -4.52. The van der Waals surface area contributed by atoms with Crippen molar-refractivity contribution < 1.29 is 43.2 Å². The number of carbonyl (C=O) groups is 4. The van der Waals surface area contributed by atoms with E-state index in [0.29, 0.717) is 29.8 Å². The summed E-state index contributed by atoms with van der Waals surface area (Å²) >= 11 is 0. The molecule has 0 saturated carbocycles. The fourth-order valence-electron chi connectivity index (χ4n) is 8.01. The standard InChI is InChI=1S/C39H47N3O9/c1-24(2)21-27(22-43)42-35-37(46)41(26-14-16-28(49-4)17-15-26)20-10-6-9-13-31(44)40-29(23-48-3)34(25-11-7-5-8-12-25)50-38(47)32-30-18-19-39(35,51-30)33(32)36(42)45/h5-8,10-12,14-19,24,27,29-30,32-35,43H,9,13,20-23H2,1-4H3,(H,40,44)/b10-6-/t27-,29-,30+,32-,33-,34-,35+,39-/m1/s1. The minimum atomic E-state index is -1.49. The quantitative estimate of drug-likeness (QED) is 0.297. The van der Waals surface area contributed by atoms with Crippen molar-refractivity contribution in [2.75, 3.05) is 38.9 Å². The van der Waals surface area contributed by atoms with E-state index in [1.165, 1.54) is 12.0 Å². The molecule has 0 aliphatic carbocycles. The largest absolute Gasteiger partial charge is 0.497 e. The average Bonchev–Trinajstić information content (AvgIpc) is 3.78. The van der Waals surface area contributed by atoms with Crippen LogP contribution in [0.15, 0.2) is 78.9 Å². The summed E-state index contributed by atoms with van der Waals surface area (Å²) in [6, 6.07) is 13.4. The maximum atomic E-state index is 15.1. The summed E-state index contributed by atoms with van der Waals surface area (Å²) in [6.07, 6.45) is 6.30. The van der Waals surface area contributed by atoms with Gasteiger partial charge in [0.15, 0.2) is 0 Å². The van der Waals surface area contributed by atoms with Crippen LogP contribution in [0.5, 0.6) is 5.75 Å². The van der Waals surface area contributed by atoms with Gasteiger partial charge in [-0.3, -0.25) is 19.2 Å². The number of nitrogens with one attached hydrogen (secondary N) is 1. The molecular formula is C39H47N3O9. The van der Waals surface area contributed by atoms with Crippen LogP contribution in [0, 0.1) is 17.8 Å². The van der Waals surface area contributed by atoms with E-state index in [2.05, 4.69) is 5.32 Å². The number of rotatable bonds is 9. The maximum Gasteiger partial charge on any atom is 0.313 e. The summed E-state index contributed by atoms with van der Waals surface area (Å²) < 4.78 is 23.7. The topological polar surface area (TPSA) is 144 Å². The molecule has 12 nitrogen and oxygen atoms in total. The van der Waals surface area contributed by atoms with Gasteiger partial charge in [-0.15, -0.1) is 0 Å². The molecule has 4 heterocycles. The molecule has 1 spiro atoms. The third-order valence-electron chi connectivity index (χ3n) is 10.2. The first-order valence-corrected chi connectivity index (χ1v) is 17.6. The molecule has 4 aliphatic heterocycles. The van der Waals surface area contributed by atoms with Crippen molar-refractivity contribution >= 4 is 29.4 Å². The lowest BCUT2D eigenvalue weighted by atomic mass is 9.74. The molecule has 2 aromatic rings. The molecule has 8 atom stereocenters. The van der Waals surface area contributed by atoms with Crippen LogP contribution in [-0.2, 0) is 33.4 Å². The summed E-state index contributed by atoms with van der Waals surface area (Å²) in [5, 5.41) is 13.7. The van der Waals surface area contributed by atoms with E-state index in [9.17, 15) is 19.5 Å². The van der Waals surface area contributed by atoms with E-state index >= 15 is 4.79 Å². The fourth-order valence-corrected chi connectivity index (χ4v) is 8.01. The molecule has 0 unspecified atom stereocenters. The second-order valence-corrected chi connectivity index (χ2v) is 14.0. The number of ether oxygens (including phenoxy) is 4. The smallest absolute Gasteiger partial charge is 0.313 e. The first kappa shape index (κ1) is 36.3. The van der Waals surface area contributed by atoms with Crippen LogP contribution in [0.3, 0.4) is 0 Å². The van der Waals surface area contributed by atoms with Crippen LogP contribution in [0.2, 0.25) is 0 Å². The van der Waals surface area contributed by atoms with Crippen molar-refractivity contribution in [2.24, 2.45) is 17.8 Å². The number of benzene rings is 2. The van der Waals surface area contributed by atoms with Gasteiger partial charge in [0.25, 0.3) is 5.91 Å². The Balaban J connectivity index is 1.48. The zero-order valence-electron chi connectivity index (χ0n) is 29.5. The Labute approximate surface area is 298 Å². The molecule has 6 rings (SSSR count). The highest BCUT2D eigenvalue weighted by molar-refractivity contribution is 6.05. The Morgan fingerprint density at radius 3 is 2.41 bits per heavy atom. The number of anilines is 1. The first-order valence-electron chi connectivity index (χ1n) is 17.6. The van der Waals surface area contributed by atoms with Crippen molar-refractivity contribution in [3.05, 3.63) is 84.5 Å². The molecule has 0 aromatic heterocycles. The van der Waals surface area contributed by atoms with Gasteiger partial charge in [-0.2, -0.15) is 0 Å². The van der Waals surface area contributed by atoms with Gasteiger partial charge in [0, 0.05) is 25.8 Å². The third-order valence-corrected chi connectivity index (χ3v) is 10.2. The number of amides is 3. The van der Waals surface area contributed by atoms with Crippen LogP contribution in [0.1, 0.15) is 44.8 Å². The second-order valence-electron chi connectivity index (χ2n) is 14.0. The van der Waals surface area contributed by atoms with Crippen LogP contribution >= 0.6 is 0 Å². The van der Waals surface area contributed by atoms with Gasteiger partial charge in [-0.05, 0) is 48.6 Å². The summed E-state index contributed by atoms with van der Waals surface area (Å²) in [7, 11) is 3.06. The van der Waals surface area contributed by atoms with Crippen LogP contribution in [0.4, 0.5) is 5.69 Å². The number of fused-ring (bicyclic) bond motifs is 2. The molecule has 2 saturated heterocycles. The molecule has 51 heavy (non-hydrogen) atoms. The molecule has 2 aromatic carbocycles. The molecule has 2 N–H and O–H groups in total. The minimum Gasteiger partial charge on any atom is -0.497 e. The van der Waals surface area contributed by atoms with Crippen molar-refractivity contribution in [1.29, 1.82) is 0 Å². The summed E-state index contributed by atoms with van der Waals surface area (Å²) in [4.78, 5) is 60.6. The normalized spacial score (nSPS) is 30.7. The molecule has 4 aliphatic rings. The molecule has 2 fully saturated rings. The van der Waals surface area contributed by atoms with Crippen LogP contribution in [0.25, 0.3) is 0 Å². The SMILES string of the molecule is COC[C@H]1NC(=O)CC/C=C\CN(c2ccc(OC)cc2)C(=O)[C@@H]2N([C@@H](CO)CC(C)C)C(=O)[C@H]3[C@H](C(=O)O[C@@H]1c1ccccc1)[C@@H]1C=C[C@]23O1. The summed E-state index contributed by atoms with van der Waals surface area (Å²) in [5.41, 5.74) is -0.295. The van der Waals surface area contributed by atoms with Crippen molar-refractivity contribution in [1.82, 2.24) is 10.2 Å². The van der Waals surface area contributed by atoms with Gasteiger partial charge in [0.1, 0.15) is 29.4 Å². The summed E-state index contributed by atoms with van der Waals surface area (Å²) in [5.74, 6) is -3.32. The van der Waals surface area contributed by atoms with E-state index in [1.807, 2.05) is 44.2 Å². The van der Waals surface area contributed by atoms with E-state index in [4.69, 9.17) is 18.9 Å². The Morgan fingerprint density at radius 2 is 1.75 bits per heavy atom. The predicted molar refractivity (Wildman–Crippen MR) is 187 cm³/mol. The predicted octanol–water partition coefficient (Wildman–Crippen LogP) is 3.35. The van der Waals surface area contributed by atoms with E-state index in [0.717, 1.165) is 0 Å². The van der Waals surface area contributed by atoms with E-state index < -0.39 is 65.6 Å². The molecule has 3 amide bonds. The van der Waals surface area contributed by atoms with Crippen molar-refractivity contribution in [3.63, 3.8) is 0 Å². The van der Waals surface area contributed by atoms with Crippen LogP contribution in [-0.4, -0.2) is 97.5 Å². The first-order chi connectivity index (χ1) is 24.6. The number of aliphatic hydroxyl groups excluding tert-OH is 1. The molecule has 5 bridgehead atoms. The zero-order chi connectivity index (χ0) is 36.3. The van der Waals surface area contributed by atoms with Crippen LogP contribution < -0.4 is 15.0 Å². The number of allylic oxidation sites excluding steroid dienone is 1. The molecule has 272 valence electrons. The number of aliphatic hydroxyl groups is 1. The number of hydrogen-bond donors (Lipinski definition) is 2. The third kappa shape index (κ3) is 6.92. The van der Waals surface area contributed by atoms with Gasteiger partial charge in [-0.25, -0.2) is 0 Å². The van der Waals surface area contributed by atoms with Gasteiger partial charge in [0.05, 0.1) is 44.4 Å². The Morgan fingerprint density at radius 1 is 1.00 bits per heavy atom. The highest BCUT2D eigenvalue weighted by Crippen LogP contribution is 2.56. The van der Waals surface area contributed by atoms with Gasteiger partial charge >= 0.3 is 5.97 Å². The number of methoxy groups -OCH3 is 2. The highest BCUT2D eigenvalue weighted by atomic mass is 16.6. The van der Waals surface area contributed by atoms with E-state index in [1.54, 1.807) is 60.6 Å². The Bertz CT molecular complexity index is 1640. The van der Waals surface area contributed by atoms with Gasteiger partial charge in [0.2, 0.25) is 11.8 Å². The lowest BCUT2D eigenvalue weighted by Crippen LogP contribution is -2.59. The van der Waals surface area contributed by atoms with Crippen molar-refractivity contribution in [3.8, 4) is 5.75 Å². The zero-order valence-corrected chi connectivity index (χ0v) is 29.5.